The quantitative estimate of drug-likeness (QED) is 0.538. The van der Waals surface area contributed by atoms with Crippen molar-refractivity contribution in [2.45, 2.75) is 18.9 Å². The van der Waals surface area contributed by atoms with Gasteiger partial charge in [0.05, 0.1) is 12.5 Å². The highest BCUT2D eigenvalue weighted by Gasteiger charge is 2.45. The smallest absolute Gasteiger partial charge is 0.264 e. The van der Waals surface area contributed by atoms with E-state index >= 15 is 0 Å². The van der Waals surface area contributed by atoms with Crippen molar-refractivity contribution in [3.63, 3.8) is 0 Å². The molecule has 1 saturated heterocycles. The van der Waals surface area contributed by atoms with Crippen LogP contribution in [0.1, 0.15) is 34.9 Å². The van der Waals surface area contributed by atoms with Crippen molar-refractivity contribution in [2.24, 2.45) is 0 Å². The maximum atomic E-state index is 12.4. The normalized spacial score (nSPS) is 26.4. The molecule has 20 heavy (non-hydrogen) atoms. The lowest BCUT2D eigenvalue weighted by Gasteiger charge is -2.27. The standard InChI is InChI=1S/C13H11N3O4/c14-7-3-1-2-6-10(7)13(20)16(12(6)19)8-4-5-9(17)15-11(8)18/h1-3,8H,4-5,14H2,(H,15,17,18)/i8D. The van der Waals surface area contributed by atoms with Crippen LogP contribution in [0.2, 0.25) is 0 Å². The Hall–Kier alpha value is -2.70. The fourth-order valence-electron chi connectivity index (χ4n) is 2.38. The number of nitrogens with zero attached hydrogens (tertiary/aromatic N) is 1. The molecule has 2 heterocycles. The highest BCUT2D eigenvalue weighted by molar-refractivity contribution is 6.25. The first-order valence-electron chi connectivity index (χ1n) is 6.48. The van der Waals surface area contributed by atoms with E-state index in [1.165, 1.54) is 18.2 Å². The van der Waals surface area contributed by atoms with Gasteiger partial charge in [0.15, 0.2) is 0 Å². The van der Waals surface area contributed by atoms with Crippen LogP contribution in [0.4, 0.5) is 5.69 Å². The SMILES string of the molecule is [2H]C1(N2C(=O)c3cccc(N)c3C2=O)CCC(=O)NC1=O. The van der Waals surface area contributed by atoms with E-state index in [0.717, 1.165) is 0 Å². The Balaban J connectivity index is 2.08. The number of piperidine rings is 1. The fraction of sp³-hybridized carbons (Fsp3) is 0.231. The Morgan fingerprint density at radius 3 is 2.65 bits per heavy atom. The molecule has 0 spiro atoms. The first kappa shape index (κ1) is 11.2. The Morgan fingerprint density at radius 2 is 2.00 bits per heavy atom. The molecule has 1 atom stereocenters. The van der Waals surface area contributed by atoms with Gasteiger partial charge >= 0.3 is 0 Å². The van der Waals surface area contributed by atoms with Crippen LogP contribution in [0.3, 0.4) is 0 Å². The predicted molar refractivity (Wildman–Crippen MR) is 67.5 cm³/mol. The maximum absolute atomic E-state index is 12.4. The second-order valence-electron chi connectivity index (χ2n) is 4.54. The molecule has 0 aromatic heterocycles. The van der Waals surface area contributed by atoms with Crippen LogP contribution in [0.15, 0.2) is 18.2 Å². The number of anilines is 1. The van der Waals surface area contributed by atoms with E-state index in [1.54, 1.807) is 0 Å². The van der Waals surface area contributed by atoms with Crippen LogP contribution in [-0.2, 0) is 9.59 Å². The molecule has 0 aliphatic carbocycles. The zero-order valence-electron chi connectivity index (χ0n) is 11.3. The van der Waals surface area contributed by atoms with Crippen molar-refractivity contribution >= 4 is 29.3 Å². The molecule has 1 unspecified atom stereocenters. The number of rotatable bonds is 1. The van der Waals surface area contributed by atoms with Gasteiger partial charge in [0.25, 0.3) is 11.8 Å². The van der Waals surface area contributed by atoms with E-state index in [9.17, 15) is 19.2 Å². The van der Waals surface area contributed by atoms with Gasteiger partial charge in [-0.15, -0.1) is 0 Å². The molecule has 1 fully saturated rings. The summed E-state index contributed by atoms with van der Waals surface area (Å²) >= 11 is 0. The lowest BCUT2D eigenvalue weighted by atomic mass is 10.0. The number of hydrogen-bond acceptors (Lipinski definition) is 5. The van der Waals surface area contributed by atoms with Gasteiger partial charge in [0.2, 0.25) is 11.8 Å². The molecule has 2 aliphatic rings. The number of nitrogens with one attached hydrogen (secondary N) is 1. The molecule has 3 N–H and O–H groups in total. The third kappa shape index (κ3) is 1.59. The molecule has 0 bridgehead atoms. The van der Waals surface area contributed by atoms with Gasteiger partial charge in [0, 0.05) is 12.1 Å². The Bertz CT molecular complexity index is 717. The number of fused-ring (bicyclic) bond motifs is 1. The number of carbonyl (C=O) groups excluding carboxylic acids is 4. The Labute approximate surface area is 115 Å². The summed E-state index contributed by atoms with van der Waals surface area (Å²) in [6.07, 6.45) is -0.346. The number of benzene rings is 1. The van der Waals surface area contributed by atoms with E-state index in [-0.39, 0.29) is 29.7 Å². The minimum absolute atomic E-state index is 0.00109. The summed E-state index contributed by atoms with van der Waals surface area (Å²) in [5.41, 5.74) is 5.88. The molecule has 7 nitrogen and oxygen atoms in total. The third-order valence-electron chi connectivity index (χ3n) is 3.32. The summed E-state index contributed by atoms with van der Waals surface area (Å²) in [4.78, 5) is 48.5. The molecule has 0 saturated carbocycles. The number of nitrogens with two attached hydrogens (primary N) is 1. The number of imide groups is 2. The van der Waals surface area contributed by atoms with E-state index in [1.807, 2.05) is 5.32 Å². The number of nitrogen functional groups attached to an aromatic ring is 1. The van der Waals surface area contributed by atoms with Crippen molar-refractivity contribution < 1.29 is 20.5 Å². The zero-order valence-corrected chi connectivity index (χ0v) is 10.3. The Morgan fingerprint density at radius 1 is 1.25 bits per heavy atom. The van der Waals surface area contributed by atoms with Crippen molar-refractivity contribution in [1.82, 2.24) is 10.2 Å². The van der Waals surface area contributed by atoms with Crippen LogP contribution in [0, 0.1) is 0 Å². The number of amides is 4. The highest BCUT2D eigenvalue weighted by atomic mass is 16.2. The molecule has 2 aliphatic heterocycles. The lowest BCUT2D eigenvalue weighted by Crippen LogP contribution is -2.54. The summed E-state index contributed by atoms with van der Waals surface area (Å²) in [5.74, 6) is -3.04. The number of hydrogen-bond donors (Lipinski definition) is 2. The summed E-state index contributed by atoms with van der Waals surface area (Å²) < 4.78 is 8.20. The van der Waals surface area contributed by atoms with Gasteiger partial charge in [0.1, 0.15) is 6.02 Å². The predicted octanol–water partition coefficient (Wildman–Crippen LogP) is -0.330. The van der Waals surface area contributed by atoms with E-state index < -0.39 is 29.6 Å². The van der Waals surface area contributed by atoms with Crippen LogP contribution < -0.4 is 11.1 Å². The first-order chi connectivity index (χ1) is 9.86. The zero-order chi connectivity index (χ0) is 15.4. The summed E-state index contributed by atoms with van der Waals surface area (Å²) in [6.45, 7) is 0. The van der Waals surface area contributed by atoms with Crippen molar-refractivity contribution in [3.05, 3.63) is 29.3 Å². The molecule has 102 valence electrons. The van der Waals surface area contributed by atoms with Gasteiger partial charge in [-0.3, -0.25) is 29.4 Å². The van der Waals surface area contributed by atoms with Crippen LogP contribution in [-0.4, -0.2) is 34.5 Å². The van der Waals surface area contributed by atoms with Crippen LogP contribution in [0.25, 0.3) is 0 Å². The summed E-state index contributed by atoms with van der Waals surface area (Å²) in [5, 5.41) is 1.99. The summed E-state index contributed by atoms with van der Waals surface area (Å²) in [6, 6.07) is 2.27. The molecular weight excluding hydrogens is 262 g/mol. The van der Waals surface area contributed by atoms with E-state index in [0.29, 0.717) is 4.90 Å². The molecule has 0 radical (unpaired) electrons. The Kier molecular flexibility index (Phi) is 2.32. The van der Waals surface area contributed by atoms with Crippen molar-refractivity contribution in [2.75, 3.05) is 5.73 Å². The van der Waals surface area contributed by atoms with Crippen molar-refractivity contribution in [3.8, 4) is 0 Å². The van der Waals surface area contributed by atoms with Crippen molar-refractivity contribution in [1.29, 1.82) is 0 Å². The monoisotopic (exact) mass is 274 g/mol. The molecule has 1 aromatic carbocycles. The number of carbonyl (C=O) groups is 4. The molecule has 4 amide bonds. The second kappa shape index (κ2) is 4.16. The summed E-state index contributed by atoms with van der Waals surface area (Å²) in [7, 11) is 0. The largest absolute Gasteiger partial charge is 0.398 e. The average Bonchev–Trinajstić information content (AvgIpc) is 2.68. The fourth-order valence-corrected chi connectivity index (χ4v) is 2.38. The maximum Gasteiger partial charge on any atom is 0.264 e. The van der Waals surface area contributed by atoms with Crippen LogP contribution >= 0.6 is 0 Å². The molecule has 7 heteroatoms. The first-order valence-corrected chi connectivity index (χ1v) is 5.98. The average molecular weight is 274 g/mol. The second-order valence-corrected chi connectivity index (χ2v) is 4.54. The van der Waals surface area contributed by atoms with Gasteiger partial charge in [-0.1, -0.05) is 6.07 Å². The minimum Gasteiger partial charge on any atom is -0.398 e. The molecule has 3 rings (SSSR count). The van der Waals surface area contributed by atoms with Gasteiger partial charge in [-0.05, 0) is 18.6 Å². The third-order valence-corrected chi connectivity index (χ3v) is 3.32. The van der Waals surface area contributed by atoms with E-state index in [2.05, 4.69) is 0 Å². The van der Waals surface area contributed by atoms with Gasteiger partial charge in [-0.2, -0.15) is 0 Å². The highest BCUT2D eigenvalue weighted by Crippen LogP contribution is 2.30. The molecular formula is C13H11N3O4. The molecule has 1 aromatic rings. The van der Waals surface area contributed by atoms with Gasteiger partial charge < -0.3 is 5.73 Å². The topological polar surface area (TPSA) is 110 Å². The lowest BCUT2D eigenvalue weighted by molar-refractivity contribution is -0.136. The van der Waals surface area contributed by atoms with Gasteiger partial charge in [-0.25, -0.2) is 0 Å². The minimum atomic E-state index is -2.13. The van der Waals surface area contributed by atoms with E-state index in [4.69, 9.17) is 7.10 Å². The van der Waals surface area contributed by atoms with Crippen LogP contribution in [0.5, 0.6) is 0 Å².